The van der Waals surface area contributed by atoms with E-state index in [2.05, 4.69) is 0 Å². The van der Waals surface area contributed by atoms with Gasteiger partial charge in [0.1, 0.15) is 6.04 Å². The predicted molar refractivity (Wildman–Crippen MR) is 57.9 cm³/mol. The first-order chi connectivity index (χ1) is 8.11. The van der Waals surface area contributed by atoms with Crippen LogP contribution in [0.15, 0.2) is 12.2 Å². The van der Waals surface area contributed by atoms with Gasteiger partial charge in [0.25, 0.3) is 11.8 Å². The molecule has 0 radical (unpaired) electrons. The Morgan fingerprint density at radius 3 is 2.29 bits per heavy atom. The van der Waals surface area contributed by atoms with Crippen LogP contribution in [-0.4, -0.2) is 59.9 Å². The quantitative estimate of drug-likeness (QED) is 0.588. The molecule has 0 spiro atoms. The number of amides is 3. The first kappa shape index (κ1) is 11.8. The Morgan fingerprint density at radius 2 is 1.76 bits per heavy atom. The molecule has 0 bridgehead atoms. The summed E-state index contributed by atoms with van der Waals surface area (Å²) < 4.78 is 5.14. The van der Waals surface area contributed by atoms with E-state index in [0.717, 1.165) is 4.90 Å². The highest BCUT2D eigenvalue weighted by Crippen LogP contribution is 2.12. The number of imide groups is 1. The van der Waals surface area contributed by atoms with Gasteiger partial charge in [0.05, 0.1) is 13.2 Å². The average Bonchev–Trinajstić information content (AvgIpc) is 2.68. The van der Waals surface area contributed by atoms with Crippen LogP contribution in [0.4, 0.5) is 0 Å². The molecule has 1 saturated heterocycles. The minimum Gasteiger partial charge on any atom is -0.378 e. The van der Waals surface area contributed by atoms with Gasteiger partial charge in [0.15, 0.2) is 0 Å². The van der Waals surface area contributed by atoms with Crippen LogP contribution in [0.2, 0.25) is 0 Å². The molecule has 0 saturated carbocycles. The zero-order valence-electron chi connectivity index (χ0n) is 9.59. The van der Waals surface area contributed by atoms with Gasteiger partial charge < -0.3 is 9.64 Å². The van der Waals surface area contributed by atoms with Crippen molar-refractivity contribution in [1.29, 1.82) is 0 Å². The zero-order valence-corrected chi connectivity index (χ0v) is 9.59. The molecule has 2 rings (SSSR count). The highest BCUT2D eigenvalue weighted by molar-refractivity contribution is 6.15. The smallest absolute Gasteiger partial charge is 0.254 e. The van der Waals surface area contributed by atoms with E-state index in [1.165, 1.54) is 12.2 Å². The summed E-state index contributed by atoms with van der Waals surface area (Å²) in [6.07, 6.45) is 2.37. The molecular weight excluding hydrogens is 224 g/mol. The van der Waals surface area contributed by atoms with Crippen LogP contribution in [0.1, 0.15) is 6.92 Å². The van der Waals surface area contributed by atoms with E-state index in [1.807, 2.05) is 0 Å². The minimum atomic E-state index is -0.747. The molecule has 0 aromatic carbocycles. The summed E-state index contributed by atoms with van der Waals surface area (Å²) in [5.41, 5.74) is 0. The summed E-state index contributed by atoms with van der Waals surface area (Å²) in [5.74, 6) is -1.06. The van der Waals surface area contributed by atoms with Crippen LogP contribution < -0.4 is 0 Å². The lowest BCUT2D eigenvalue weighted by Gasteiger charge is -2.31. The maximum Gasteiger partial charge on any atom is 0.254 e. The second kappa shape index (κ2) is 4.67. The van der Waals surface area contributed by atoms with Crippen molar-refractivity contribution >= 4 is 17.7 Å². The standard InChI is InChI=1S/C11H14N2O4/c1-8(13-9(14)2-3-10(13)15)11(16)12-4-6-17-7-5-12/h2-3,8H,4-7H2,1H3. The van der Waals surface area contributed by atoms with Crippen molar-refractivity contribution in [3.8, 4) is 0 Å². The van der Waals surface area contributed by atoms with Crippen molar-refractivity contribution in [3.05, 3.63) is 12.2 Å². The topological polar surface area (TPSA) is 66.9 Å². The van der Waals surface area contributed by atoms with Gasteiger partial charge in [-0.2, -0.15) is 0 Å². The highest BCUT2D eigenvalue weighted by Gasteiger charge is 2.35. The molecule has 6 heteroatoms. The summed E-state index contributed by atoms with van der Waals surface area (Å²) in [6.45, 7) is 3.58. The lowest BCUT2D eigenvalue weighted by molar-refractivity contribution is -0.150. The van der Waals surface area contributed by atoms with Crippen LogP contribution in [-0.2, 0) is 19.1 Å². The van der Waals surface area contributed by atoms with E-state index >= 15 is 0 Å². The Hall–Kier alpha value is -1.69. The highest BCUT2D eigenvalue weighted by atomic mass is 16.5. The molecule has 0 aliphatic carbocycles. The van der Waals surface area contributed by atoms with Gasteiger partial charge in [-0.05, 0) is 6.92 Å². The monoisotopic (exact) mass is 238 g/mol. The Labute approximate surface area is 98.8 Å². The van der Waals surface area contributed by atoms with Crippen molar-refractivity contribution in [2.45, 2.75) is 13.0 Å². The molecule has 2 heterocycles. The van der Waals surface area contributed by atoms with Crippen molar-refractivity contribution in [2.75, 3.05) is 26.3 Å². The van der Waals surface area contributed by atoms with Gasteiger partial charge >= 0.3 is 0 Å². The number of morpholine rings is 1. The molecule has 0 N–H and O–H groups in total. The molecule has 1 fully saturated rings. The van der Waals surface area contributed by atoms with Gasteiger partial charge in [-0.15, -0.1) is 0 Å². The largest absolute Gasteiger partial charge is 0.378 e. The molecule has 17 heavy (non-hydrogen) atoms. The Bertz CT molecular complexity index is 367. The van der Waals surface area contributed by atoms with Crippen molar-refractivity contribution in [3.63, 3.8) is 0 Å². The fourth-order valence-corrected chi connectivity index (χ4v) is 1.95. The summed E-state index contributed by atoms with van der Waals surface area (Å²) >= 11 is 0. The Kier molecular flexibility index (Phi) is 3.23. The summed E-state index contributed by atoms with van der Waals surface area (Å²) in [7, 11) is 0. The normalized spacial score (nSPS) is 22.2. The zero-order chi connectivity index (χ0) is 12.4. The molecule has 2 aliphatic heterocycles. The number of rotatable bonds is 2. The van der Waals surface area contributed by atoms with Crippen LogP contribution in [0.3, 0.4) is 0 Å². The second-order valence-corrected chi connectivity index (χ2v) is 3.99. The van der Waals surface area contributed by atoms with Gasteiger partial charge in [-0.3, -0.25) is 19.3 Å². The van der Waals surface area contributed by atoms with Gasteiger partial charge in [0, 0.05) is 25.2 Å². The second-order valence-electron chi connectivity index (χ2n) is 3.99. The number of nitrogens with zero attached hydrogens (tertiary/aromatic N) is 2. The Balaban J connectivity index is 2.04. The van der Waals surface area contributed by atoms with Crippen molar-refractivity contribution < 1.29 is 19.1 Å². The molecular formula is C11H14N2O4. The first-order valence-corrected chi connectivity index (χ1v) is 5.53. The third-order valence-electron chi connectivity index (χ3n) is 2.91. The number of ether oxygens (including phenoxy) is 1. The third-order valence-corrected chi connectivity index (χ3v) is 2.91. The fourth-order valence-electron chi connectivity index (χ4n) is 1.95. The van der Waals surface area contributed by atoms with Gasteiger partial charge in [-0.25, -0.2) is 0 Å². The number of hydrogen-bond donors (Lipinski definition) is 0. The molecule has 0 aromatic rings. The van der Waals surface area contributed by atoms with E-state index < -0.39 is 17.9 Å². The molecule has 3 amide bonds. The summed E-state index contributed by atoms with van der Waals surface area (Å²) in [6, 6.07) is -0.747. The fraction of sp³-hybridized carbons (Fsp3) is 0.545. The first-order valence-electron chi connectivity index (χ1n) is 5.53. The molecule has 6 nitrogen and oxygen atoms in total. The lowest BCUT2D eigenvalue weighted by atomic mass is 10.2. The molecule has 2 aliphatic rings. The number of hydrogen-bond acceptors (Lipinski definition) is 4. The molecule has 1 unspecified atom stereocenters. The molecule has 92 valence electrons. The lowest BCUT2D eigenvalue weighted by Crippen LogP contribution is -2.52. The number of carbonyl (C=O) groups excluding carboxylic acids is 3. The van der Waals surface area contributed by atoms with E-state index in [-0.39, 0.29) is 5.91 Å². The average molecular weight is 238 g/mol. The van der Waals surface area contributed by atoms with E-state index in [4.69, 9.17) is 4.74 Å². The molecule has 1 atom stereocenters. The van der Waals surface area contributed by atoms with Crippen LogP contribution in [0.5, 0.6) is 0 Å². The maximum atomic E-state index is 12.1. The van der Waals surface area contributed by atoms with Crippen LogP contribution in [0.25, 0.3) is 0 Å². The van der Waals surface area contributed by atoms with Gasteiger partial charge in [-0.1, -0.05) is 0 Å². The molecule has 0 aromatic heterocycles. The van der Waals surface area contributed by atoms with Crippen molar-refractivity contribution in [2.24, 2.45) is 0 Å². The Morgan fingerprint density at radius 1 is 1.24 bits per heavy atom. The SMILES string of the molecule is CC(C(=O)N1CCOCC1)N1C(=O)C=CC1=O. The number of carbonyl (C=O) groups is 3. The van der Waals surface area contributed by atoms with E-state index in [9.17, 15) is 14.4 Å². The van der Waals surface area contributed by atoms with Gasteiger partial charge in [0.2, 0.25) is 5.91 Å². The van der Waals surface area contributed by atoms with E-state index in [1.54, 1.807) is 11.8 Å². The summed E-state index contributed by atoms with van der Waals surface area (Å²) in [4.78, 5) is 37.5. The van der Waals surface area contributed by atoms with Crippen LogP contribution >= 0.6 is 0 Å². The van der Waals surface area contributed by atoms with E-state index in [0.29, 0.717) is 26.3 Å². The predicted octanol–water partition coefficient (Wildman–Crippen LogP) is -0.841. The van der Waals surface area contributed by atoms with Crippen molar-refractivity contribution in [1.82, 2.24) is 9.80 Å². The maximum absolute atomic E-state index is 12.1. The third kappa shape index (κ3) is 2.21. The summed E-state index contributed by atoms with van der Waals surface area (Å²) in [5, 5.41) is 0. The minimum absolute atomic E-state index is 0.210. The van der Waals surface area contributed by atoms with Crippen LogP contribution in [0, 0.1) is 0 Å².